The lowest BCUT2D eigenvalue weighted by Crippen LogP contribution is -2.58. The second kappa shape index (κ2) is 12.1. The highest BCUT2D eigenvalue weighted by Crippen LogP contribution is 2.64. The van der Waals surface area contributed by atoms with Crippen molar-refractivity contribution in [1.82, 2.24) is 0 Å². The number of hydrogen-bond acceptors (Lipinski definition) is 7. The minimum atomic E-state index is -1.42. The zero-order chi connectivity index (χ0) is 35.6. The first kappa shape index (κ1) is 32.1. The number of hydrogen-bond donors (Lipinski definition) is 2. The van der Waals surface area contributed by atoms with Gasteiger partial charge in [-0.15, -0.1) is 0 Å². The number of aromatic hydroxyl groups is 1. The standard InChI is InChI=1S/C42H33NO8/c1-51-34-20-24(15-18-33(34)44)37-28-16-17-29-36(40(48)43(39(29)47)27-14-8-11-25(19-27)41(49)50)31(28)21-32-38(46)30(23-9-4-2-5-10-23)22-35(45)42(32,37)26-12-6-3-7-13-26/h2-16,18-20,22,29,31-32,36-37,44H,17,21H2,1H3,(H,49,50)/t29-,31+,32-,36-,37-,42-/m0/s1. The average molecular weight is 680 g/mol. The Morgan fingerprint density at radius 2 is 1.57 bits per heavy atom. The molecule has 8 rings (SSSR count). The number of amides is 2. The number of carbonyl (C=O) groups excluding carboxylic acids is 4. The number of rotatable bonds is 6. The molecule has 2 N–H and O–H groups in total. The zero-order valence-corrected chi connectivity index (χ0v) is 27.6. The molecule has 0 radical (unpaired) electrons. The molecule has 9 nitrogen and oxygen atoms in total. The molecule has 1 heterocycles. The lowest BCUT2D eigenvalue weighted by Gasteiger charge is -2.55. The van der Waals surface area contributed by atoms with E-state index >= 15 is 9.59 Å². The summed E-state index contributed by atoms with van der Waals surface area (Å²) in [5, 5.41) is 20.2. The van der Waals surface area contributed by atoms with Gasteiger partial charge in [0.15, 0.2) is 23.1 Å². The Morgan fingerprint density at radius 1 is 0.843 bits per heavy atom. The number of phenols is 1. The van der Waals surface area contributed by atoms with Crippen LogP contribution in [0.2, 0.25) is 0 Å². The Balaban J connectivity index is 1.35. The topological polar surface area (TPSA) is 138 Å². The van der Waals surface area contributed by atoms with Crippen LogP contribution in [0.25, 0.3) is 5.57 Å². The van der Waals surface area contributed by atoms with Crippen molar-refractivity contribution in [1.29, 1.82) is 0 Å². The van der Waals surface area contributed by atoms with Gasteiger partial charge in [0.2, 0.25) is 11.8 Å². The summed E-state index contributed by atoms with van der Waals surface area (Å²) in [4.78, 5) is 71.6. The van der Waals surface area contributed by atoms with E-state index in [1.165, 1.54) is 37.5 Å². The van der Waals surface area contributed by atoms with Crippen LogP contribution in [0, 0.1) is 23.7 Å². The summed E-state index contributed by atoms with van der Waals surface area (Å²) >= 11 is 0. The molecule has 4 aliphatic rings. The van der Waals surface area contributed by atoms with Gasteiger partial charge in [-0.05, 0) is 71.9 Å². The molecule has 4 aromatic rings. The number of nitrogens with zero attached hydrogens (tertiary/aromatic N) is 1. The number of carboxylic acid groups (broad SMARTS) is 1. The fourth-order valence-corrected chi connectivity index (χ4v) is 9.16. The van der Waals surface area contributed by atoms with Crippen molar-refractivity contribution >= 4 is 40.6 Å². The van der Waals surface area contributed by atoms with E-state index in [1.54, 1.807) is 30.3 Å². The highest BCUT2D eigenvalue weighted by Gasteiger charge is 2.66. The molecule has 1 aliphatic heterocycles. The molecule has 2 amide bonds. The number of carbonyl (C=O) groups is 5. The Hall–Kier alpha value is -6.09. The molecule has 3 aliphatic carbocycles. The van der Waals surface area contributed by atoms with Crippen molar-refractivity contribution in [3.63, 3.8) is 0 Å². The van der Waals surface area contributed by atoms with Crippen LogP contribution in [-0.4, -0.2) is 46.7 Å². The third-order valence-corrected chi connectivity index (χ3v) is 11.3. The molecule has 0 aromatic heterocycles. The number of methoxy groups -OCH3 is 1. The van der Waals surface area contributed by atoms with Crippen LogP contribution in [0.15, 0.2) is 121 Å². The summed E-state index contributed by atoms with van der Waals surface area (Å²) in [6.07, 6.45) is 3.75. The number of benzene rings is 4. The molecule has 0 spiro atoms. The maximum atomic E-state index is 15.1. The van der Waals surface area contributed by atoms with E-state index in [2.05, 4.69) is 0 Å². The number of imide groups is 1. The van der Waals surface area contributed by atoms with Crippen LogP contribution in [0.4, 0.5) is 5.69 Å². The molecule has 254 valence electrons. The fourth-order valence-electron chi connectivity index (χ4n) is 9.16. The van der Waals surface area contributed by atoms with Gasteiger partial charge in [0.1, 0.15) is 0 Å². The number of anilines is 1. The number of carboxylic acids is 1. The summed E-state index contributed by atoms with van der Waals surface area (Å²) in [5.41, 5.74) is 1.64. The van der Waals surface area contributed by atoms with Gasteiger partial charge >= 0.3 is 5.97 Å². The second-order valence-electron chi connectivity index (χ2n) is 13.6. The monoisotopic (exact) mass is 679 g/mol. The van der Waals surface area contributed by atoms with Crippen LogP contribution in [0.3, 0.4) is 0 Å². The lowest BCUT2D eigenvalue weighted by atomic mass is 9.44. The van der Waals surface area contributed by atoms with Gasteiger partial charge in [0.25, 0.3) is 0 Å². The Bertz CT molecular complexity index is 2210. The van der Waals surface area contributed by atoms with Crippen LogP contribution in [0.5, 0.6) is 11.5 Å². The summed E-state index contributed by atoms with van der Waals surface area (Å²) in [6.45, 7) is 0. The van der Waals surface area contributed by atoms with Crippen molar-refractivity contribution in [3.8, 4) is 11.5 Å². The Morgan fingerprint density at radius 3 is 2.27 bits per heavy atom. The van der Waals surface area contributed by atoms with Gasteiger partial charge < -0.3 is 14.9 Å². The first-order chi connectivity index (χ1) is 24.7. The Labute approximate surface area is 293 Å². The number of phenolic OH excluding ortho intramolecular Hbond substituents is 1. The molecular weight excluding hydrogens is 646 g/mol. The predicted molar refractivity (Wildman–Crippen MR) is 187 cm³/mol. The van der Waals surface area contributed by atoms with E-state index in [-0.39, 0.29) is 47.2 Å². The van der Waals surface area contributed by atoms with Gasteiger partial charge in [-0.25, -0.2) is 4.79 Å². The average Bonchev–Trinajstić information content (AvgIpc) is 3.42. The van der Waals surface area contributed by atoms with Crippen molar-refractivity contribution in [3.05, 3.63) is 143 Å². The first-order valence-electron chi connectivity index (χ1n) is 16.9. The maximum Gasteiger partial charge on any atom is 0.335 e. The molecule has 9 heteroatoms. The highest BCUT2D eigenvalue weighted by atomic mass is 16.5. The number of ether oxygens (including phenoxy) is 1. The molecule has 51 heavy (non-hydrogen) atoms. The van der Waals surface area contributed by atoms with E-state index in [9.17, 15) is 24.6 Å². The summed E-state index contributed by atoms with van der Waals surface area (Å²) in [7, 11) is 1.43. The van der Waals surface area contributed by atoms with Crippen molar-refractivity contribution in [2.24, 2.45) is 23.7 Å². The van der Waals surface area contributed by atoms with Crippen molar-refractivity contribution in [2.45, 2.75) is 24.2 Å². The van der Waals surface area contributed by atoms with Crippen LogP contribution in [0.1, 0.15) is 45.8 Å². The van der Waals surface area contributed by atoms with Gasteiger partial charge in [-0.2, -0.15) is 0 Å². The molecule has 2 fully saturated rings. The number of ketones is 2. The minimum Gasteiger partial charge on any atom is -0.504 e. The SMILES string of the molecule is COc1cc([C@H]2C3=CC[C@@H]4C(=O)N(c5cccc(C(=O)O)c5)C(=O)[C@@H]4[C@@H]3C[C@H]3C(=O)C(c4ccccc4)=CC(=O)[C@@]23c2ccccc2)ccc1O. The van der Waals surface area contributed by atoms with Crippen LogP contribution < -0.4 is 9.64 Å². The van der Waals surface area contributed by atoms with Crippen LogP contribution in [-0.2, 0) is 24.6 Å². The fraction of sp³-hybridized carbons (Fsp3) is 0.214. The summed E-state index contributed by atoms with van der Waals surface area (Å²) < 4.78 is 5.52. The quantitative estimate of drug-likeness (QED) is 0.184. The van der Waals surface area contributed by atoms with E-state index in [0.29, 0.717) is 22.3 Å². The van der Waals surface area contributed by atoms with E-state index in [4.69, 9.17) is 4.74 Å². The van der Waals surface area contributed by atoms with E-state index in [1.807, 2.05) is 54.6 Å². The predicted octanol–water partition coefficient (Wildman–Crippen LogP) is 6.13. The van der Waals surface area contributed by atoms with Gasteiger partial charge in [0.05, 0.1) is 35.6 Å². The van der Waals surface area contributed by atoms with E-state index < -0.39 is 52.8 Å². The summed E-state index contributed by atoms with van der Waals surface area (Å²) in [6, 6.07) is 28.9. The smallest absolute Gasteiger partial charge is 0.335 e. The van der Waals surface area contributed by atoms with Gasteiger partial charge in [0, 0.05) is 17.4 Å². The van der Waals surface area contributed by atoms with Crippen LogP contribution >= 0.6 is 0 Å². The molecule has 0 bridgehead atoms. The molecular formula is C42H33NO8. The largest absolute Gasteiger partial charge is 0.504 e. The third-order valence-electron chi connectivity index (χ3n) is 11.3. The molecule has 0 unspecified atom stereocenters. The van der Waals surface area contributed by atoms with Gasteiger partial charge in [-0.1, -0.05) is 84.4 Å². The number of Topliss-reactive ketones (excluding diaryl/α,β-unsaturated/α-hetero) is 1. The molecule has 6 atom stereocenters. The maximum absolute atomic E-state index is 15.1. The van der Waals surface area contributed by atoms with Crippen molar-refractivity contribution < 1.29 is 38.9 Å². The minimum absolute atomic E-state index is 0.0556. The summed E-state index contributed by atoms with van der Waals surface area (Å²) in [5.74, 6) is -6.36. The van der Waals surface area contributed by atoms with Gasteiger partial charge in [-0.3, -0.25) is 24.1 Å². The Kier molecular flexibility index (Phi) is 7.59. The number of aromatic carboxylic acids is 1. The second-order valence-corrected chi connectivity index (χ2v) is 13.6. The third kappa shape index (κ3) is 4.71. The van der Waals surface area contributed by atoms with Crippen molar-refractivity contribution in [2.75, 3.05) is 12.0 Å². The normalized spacial score (nSPS) is 26.8. The first-order valence-corrected chi connectivity index (χ1v) is 16.9. The number of allylic oxidation sites excluding steroid dienone is 4. The number of fused-ring (bicyclic) bond motifs is 4. The zero-order valence-electron chi connectivity index (χ0n) is 27.6. The van der Waals surface area contributed by atoms with E-state index in [0.717, 1.165) is 10.5 Å². The molecule has 1 saturated carbocycles. The lowest BCUT2D eigenvalue weighted by molar-refractivity contribution is -0.135. The molecule has 1 saturated heterocycles. The molecule has 4 aromatic carbocycles. The highest BCUT2D eigenvalue weighted by molar-refractivity contribution is 6.32.